The molecule has 1 saturated carbocycles. The van der Waals surface area contributed by atoms with E-state index in [2.05, 4.69) is 32.6 Å². The van der Waals surface area contributed by atoms with Crippen molar-refractivity contribution >= 4 is 46.8 Å². The Morgan fingerprint density at radius 2 is 2.16 bits per heavy atom. The second kappa shape index (κ2) is 7.76. The number of fused-ring (bicyclic) bond motifs is 1. The largest absolute Gasteiger partial charge is 0.367 e. The van der Waals surface area contributed by atoms with Crippen LogP contribution in [0.15, 0.2) is 48.3 Å². The summed E-state index contributed by atoms with van der Waals surface area (Å²) in [6, 6.07) is 5.85. The fourth-order valence-corrected chi connectivity index (χ4v) is 3.53. The highest BCUT2D eigenvalue weighted by molar-refractivity contribution is 6.30. The van der Waals surface area contributed by atoms with Crippen LogP contribution in [0.5, 0.6) is 0 Å². The molecule has 1 aromatic carbocycles. The van der Waals surface area contributed by atoms with E-state index in [0.29, 0.717) is 28.8 Å². The van der Waals surface area contributed by atoms with Crippen molar-refractivity contribution in [2.45, 2.75) is 25.3 Å². The highest BCUT2D eigenvalue weighted by atomic mass is 35.5. The SMILES string of the molecule is C=C1NC(=O)C/C1=C\c1cnn2c(NC3CC3)cc(NC(=O)c3ccc(Cl)c(F)c3)nc12. The minimum absolute atomic E-state index is 0.0598. The van der Waals surface area contributed by atoms with Gasteiger partial charge in [0.15, 0.2) is 5.65 Å². The Morgan fingerprint density at radius 3 is 2.84 bits per heavy atom. The lowest BCUT2D eigenvalue weighted by molar-refractivity contribution is -0.118. The number of nitrogens with zero attached hydrogens (tertiary/aromatic N) is 3. The molecule has 2 aromatic heterocycles. The second-order valence-corrected chi connectivity index (χ2v) is 8.14. The first-order valence-electron chi connectivity index (χ1n) is 9.99. The van der Waals surface area contributed by atoms with Crippen LogP contribution in [0.2, 0.25) is 5.02 Å². The molecule has 1 saturated heterocycles. The molecule has 2 amide bonds. The van der Waals surface area contributed by atoms with Gasteiger partial charge in [0.2, 0.25) is 5.91 Å². The van der Waals surface area contributed by atoms with Crippen LogP contribution in [0.25, 0.3) is 11.7 Å². The lowest BCUT2D eigenvalue weighted by Gasteiger charge is -2.11. The standard InChI is InChI=1S/C22H18ClFN6O2/c1-11-13(8-20(31)26-11)6-14-10-25-30-19(27-15-3-4-15)9-18(28-21(14)30)29-22(32)12-2-5-16(23)17(24)7-12/h2,5-7,9-10,15,27H,1,3-4,8H2,(H,26,31)(H,28,29,32)/b13-6+. The zero-order chi connectivity index (χ0) is 22.4. The summed E-state index contributed by atoms with van der Waals surface area (Å²) in [6.07, 6.45) is 5.75. The van der Waals surface area contributed by atoms with E-state index in [1.807, 2.05) is 0 Å². The van der Waals surface area contributed by atoms with Crippen molar-refractivity contribution in [1.29, 1.82) is 0 Å². The van der Waals surface area contributed by atoms with E-state index < -0.39 is 11.7 Å². The van der Waals surface area contributed by atoms with Gasteiger partial charge in [0.05, 0.1) is 17.6 Å². The van der Waals surface area contributed by atoms with E-state index in [-0.39, 0.29) is 28.7 Å². The summed E-state index contributed by atoms with van der Waals surface area (Å²) in [6.45, 7) is 3.86. The number of carbonyl (C=O) groups excluding carboxylic acids is 2. The van der Waals surface area contributed by atoms with Crippen molar-refractivity contribution in [2.75, 3.05) is 10.6 Å². The summed E-state index contributed by atoms with van der Waals surface area (Å²) in [5.74, 6) is -0.374. The van der Waals surface area contributed by atoms with Crippen LogP contribution in [0.3, 0.4) is 0 Å². The summed E-state index contributed by atoms with van der Waals surface area (Å²) < 4.78 is 15.4. The Hall–Kier alpha value is -3.72. The molecule has 1 aliphatic carbocycles. The molecule has 2 aliphatic rings. The fourth-order valence-electron chi connectivity index (χ4n) is 3.41. The Bertz CT molecular complexity index is 1330. The molecule has 5 rings (SSSR count). The molecule has 3 aromatic rings. The third kappa shape index (κ3) is 3.94. The van der Waals surface area contributed by atoms with Crippen LogP contribution >= 0.6 is 11.6 Å². The number of anilines is 2. The van der Waals surface area contributed by atoms with E-state index in [4.69, 9.17) is 11.6 Å². The number of hydrogen-bond acceptors (Lipinski definition) is 5. The number of aromatic nitrogens is 3. The third-order valence-electron chi connectivity index (χ3n) is 5.21. The average Bonchev–Trinajstić information content (AvgIpc) is 3.38. The Kier molecular flexibility index (Phi) is 4.90. The van der Waals surface area contributed by atoms with E-state index >= 15 is 0 Å². The minimum atomic E-state index is -0.677. The van der Waals surface area contributed by atoms with Crippen molar-refractivity contribution in [3.63, 3.8) is 0 Å². The molecule has 3 heterocycles. The maximum atomic E-state index is 13.8. The maximum Gasteiger partial charge on any atom is 0.256 e. The van der Waals surface area contributed by atoms with Gasteiger partial charge in [0.25, 0.3) is 5.91 Å². The summed E-state index contributed by atoms with van der Waals surface area (Å²) in [5.41, 5.74) is 2.57. The lowest BCUT2D eigenvalue weighted by Crippen LogP contribution is -2.15. The van der Waals surface area contributed by atoms with Gasteiger partial charge < -0.3 is 16.0 Å². The fraction of sp³-hybridized carbons (Fsp3) is 0.182. The molecule has 1 aliphatic heterocycles. The van der Waals surface area contributed by atoms with Crippen molar-refractivity contribution in [3.05, 3.63) is 70.3 Å². The molecular weight excluding hydrogens is 435 g/mol. The first-order chi connectivity index (χ1) is 15.4. The van der Waals surface area contributed by atoms with Gasteiger partial charge in [-0.25, -0.2) is 9.37 Å². The first kappa shape index (κ1) is 20.2. The van der Waals surface area contributed by atoms with Gasteiger partial charge in [-0.2, -0.15) is 9.61 Å². The summed E-state index contributed by atoms with van der Waals surface area (Å²) in [5, 5.41) is 13.1. The van der Waals surface area contributed by atoms with Crippen LogP contribution in [0.4, 0.5) is 16.0 Å². The van der Waals surface area contributed by atoms with Crippen LogP contribution < -0.4 is 16.0 Å². The molecule has 0 atom stereocenters. The number of rotatable bonds is 5. The monoisotopic (exact) mass is 452 g/mol. The van der Waals surface area contributed by atoms with Gasteiger partial charge in [-0.3, -0.25) is 9.59 Å². The number of nitrogens with one attached hydrogen (secondary N) is 3. The average molecular weight is 453 g/mol. The van der Waals surface area contributed by atoms with Crippen molar-refractivity contribution in [1.82, 2.24) is 19.9 Å². The van der Waals surface area contributed by atoms with E-state index in [1.54, 1.807) is 22.9 Å². The van der Waals surface area contributed by atoms with Gasteiger partial charge in [-0.05, 0) is 42.7 Å². The molecule has 0 bridgehead atoms. The molecule has 10 heteroatoms. The number of carbonyl (C=O) groups is 2. The van der Waals surface area contributed by atoms with E-state index in [1.165, 1.54) is 12.1 Å². The minimum Gasteiger partial charge on any atom is -0.367 e. The molecular formula is C22H18ClFN6O2. The number of halogens is 2. The highest BCUT2D eigenvalue weighted by Gasteiger charge is 2.24. The zero-order valence-electron chi connectivity index (χ0n) is 16.8. The van der Waals surface area contributed by atoms with E-state index in [9.17, 15) is 14.0 Å². The van der Waals surface area contributed by atoms with Crippen molar-refractivity contribution in [2.24, 2.45) is 0 Å². The second-order valence-electron chi connectivity index (χ2n) is 7.74. The van der Waals surface area contributed by atoms with Gasteiger partial charge in [0.1, 0.15) is 17.5 Å². The predicted molar refractivity (Wildman–Crippen MR) is 119 cm³/mol. The Morgan fingerprint density at radius 1 is 1.34 bits per heavy atom. The number of amides is 2. The van der Waals surface area contributed by atoms with Crippen LogP contribution in [-0.4, -0.2) is 32.5 Å². The normalized spacial score (nSPS) is 17.1. The van der Waals surface area contributed by atoms with Crippen LogP contribution in [-0.2, 0) is 4.79 Å². The molecule has 162 valence electrons. The topological polar surface area (TPSA) is 100 Å². The molecule has 2 fully saturated rings. The Labute approximate surface area is 187 Å². The third-order valence-corrected chi connectivity index (χ3v) is 5.52. The van der Waals surface area contributed by atoms with Gasteiger partial charge in [0, 0.05) is 28.9 Å². The van der Waals surface area contributed by atoms with Gasteiger partial charge in [-0.1, -0.05) is 18.2 Å². The van der Waals surface area contributed by atoms with Crippen LogP contribution in [0.1, 0.15) is 35.2 Å². The maximum absolute atomic E-state index is 13.8. The first-order valence-corrected chi connectivity index (χ1v) is 10.4. The summed E-state index contributed by atoms with van der Waals surface area (Å²) >= 11 is 5.71. The predicted octanol–water partition coefficient (Wildman–Crippen LogP) is 3.77. The lowest BCUT2D eigenvalue weighted by atomic mass is 10.1. The number of benzene rings is 1. The van der Waals surface area contributed by atoms with Gasteiger partial charge in [-0.15, -0.1) is 0 Å². The molecule has 3 N–H and O–H groups in total. The number of allylic oxidation sites excluding steroid dienone is 1. The molecule has 8 nitrogen and oxygen atoms in total. The molecule has 0 unspecified atom stereocenters. The van der Waals surface area contributed by atoms with Crippen LogP contribution in [0, 0.1) is 5.82 Å². The van der Waals surface area contributed by atoms with Crippen molar-refractivity contribution < 1.29 is 14.0 Å². The highest BCUT2D eigenvalue weighted by Crippen LogP contribution is 2.29. The van der Waals surface area contributed by atoms with Crippen molar-refractivity contribution in [3.8, 4) is 0 Å². The summed E-state index contributed by atoms with van der Waals surface area (Å²) in [7, 11) is 0. The molecule has 32 heavy (non-hydrogen) atoms. The Balaban J connectivity index is 1.52. The number of hydrogen-bond donors (Lipinski definition) is 3. The quantitative estimate of drug-likeness (QED) is 0.547. The molecule has 0 radical (unpaired) electrons. The zero-order valence-corrected chi connectivity index (χ0v) is 17.5. The van der Waals surface area contributed by atoms with E-state index in [0.717, 1.165) is 24.5 Å². The molecule has 0 spiro atoms. The smallest absolute Gasteiger partial charge is 0.256 e. The summed E-state index contributed by atoms with van der Waals surface area (Å²) in [4.78, 5) is 28.9. The van der Waals surface area contributed by atoms with Gasteiger partial charge >= 0.3 is 0 Å².